The van der Waals surface area contributed by atoms with Crippen molar-refractivity contribution in [1.82, 2.24) is 9.88 Å². The number of hydrogen-bond acceptors (Lipinski definition) is 6. The number of benzene rings is 2. The van der Waals surface area contributed by atoms with E-state index in [-0.39, 0.29) is 22.9 Å². The molecule has 0 saturated carbocycles. The van der Waals surface area contributed by atoms with E-state index in [1.165, 1.54) is 25.2 Å². The van der Waals surface area contributed by atoms with Crippen LogP contribution >= 0.6 is 23.2 Å². The number of rotatable bonds is 6. The lowest BCUT2D eigenvalue weighted by molar-refractivity contribution is -0.140. The van der Waals surface area contributed by atoms with Crippen molar-refractivity contribution in [2.45, 2.75) is 12.6 Å². The molecule has 9 heteroatoms. The van der Waals surface area contributed by atoms with E-state index in [4.69, 9.17) is 32.7 Å². The first-order valence-corrected chi connectivity index (χ1v) is 11.0. The number of aliphatic hydroxyl groups is 1. The van der Waals surface area contributed by atoms with Crippen LogP contribution in [0.4, 0.5) is 0 Å². The Kier molecular flexibility index (Phi) is 6.77. The first-order chi connectivity index (χ1) is 16.3. The van der Waals surface area contributed by atoms with Gasteiger partial charge in [-0.3, -0.25) is 14.6 Å². The SMILES string of the molecule is COc1ccc(/C(O)=C2/C(=O)C(=O)N(Cc3ccncc3)C2c2ccc(Cl)c(Cl)c2)cc1OC. The van der Waals surface area contributed by atoms with Crippen LogP contribution in [0.5, 0.6) is 11.5 Å². The van der Waals surface area contributed by atoms with Crippen molar-refractivity contribution in [2.75, 3.05) is 14.2 Å². The molecule has 1 saturated heterocycles. The van der Waals surface area contributed by atoms with Crippen LogP contribution in [-0.2, 0) is 16.1 Å². The van der Waals surface area contributed by atoms with Gasteiger partial charge >= 0.3 is 0 Å². The Hall–Kier alpha value is -3.55. The van der Waals surface area contributed by atoms with E-state index in [2.05, 4.69) is 4.98 Å². The van der Waals surface area contributed by atoms with Crippen LogP contribution in [0.25, 0.3) is 5.76 Å². The van der Waals surface area contributed by atoms with E-state index in [1.54, 1.807) is 54.9 Å². The van der Waals surface area contributed by atoms with E-state index in [0.717, 1.165) is 5.56 Å². The molecule has 1 fully saturated rings. The number of hydrogen-bond donors (Lipinski definition) is 1. The minimum absolute atomic E-state index is 0.0651. The molecule has 1 N–H and O–H groups in total. The molecule has 0 bridgehead atoms. The molecule has 174 valence electrons. The molecule has 2 heterocycles. The molecular formula is C25H20Cl2N2O5. The lowest BCUT2D eigenvalue weighted by atomic mass is 9.95. The van der Waals surface area contributed by atoms with Crippen molar-refractivity contribution in [3.05, 3.63) is 93.2 Å². The molecule has 2 aromatic carbocycles. The molecule has 1 aliphatic heterocycles. The Morgan fingerprint density at radius 3 is 2.32 bits per heavy atom. The van der Waals surface area contributed by atoms with E-state index < -0.39 is 17.7 Å². The molecular weight excluding hydrogens is 479 g/mol. The van der Waals surface area contributed by atoms with Crippen LogP contribution in [0, 0.1) is 0 Å². The molecule has 1 atom stereocenters. The highest BCUT2D eigenvalue weighted by molar-refractivity contribution is 6.46. The lowest BCUT2D eigenvalue weighted by Gasteiger charge is -2.25. The molecule has 0 radical (unpaired) electrons. The smallest absolute Gasteiger partial charge is 0.295 e. The Morgan fingerprint density at radius 2 is 1.68 bits per heavy atom. The Labute approximate surface area is 206 Å². The molecule has 7 nitrogen and oxygen atoms in total. The molecule has 1 aromatic heterocycles. The number of nitrogens with zero attached hydrogens (tertiary/aromatic N) is 2. The molecule has 1 unspecified atom stereocenters. The molecule has 34 heavy (non-hydrogen) atoms. The number of amides is 1. The lowest BCUT2D eigenvalue weighted by Crippen LogP contribution is -2.29. The van der Waals surface area contributed by atoms with Crippen LogP contribution in [0.2, 0.25) is 10.0 Å². The summed E-state index contributed by atoms with van der Waals surface area (Å²) in [6.45, 7) is 0.126. The molecule has 1 amide bonds. The number of carbonyl (C=O) groups excluding carboxylic acids is 2. The van der Waals surface area contributed by atoms with E-state index in [9.17, 15) is 14.7 Å². The van der Waals surface area contributed by atoms with Crippen molar-refractivity contribution in [3.8, 4) is 11.5 Å². The largest absolute Gasteiger partial charge is 0.507 e. The monoisotopic (exact) mass is 498 g/mol. The maximum atomic E-state index is 13.2. The molecule has 3 aromatic rings. The molecule has 0 spiro atoms. The van der Waals surface area contributed by atoms with Crippen LogP contribution in [0.3, 0.4) is 0 Å². The minimum atomic E-state index is -0.893. The van der Waals surface area contributed by atoms with Crippen LogP contribution < -0.4 is 9.47 Å². The number of aliphatic hydroxyl groups excluding tert-OH is 1. The van der Waals surface area contributed by atoms with Gasteiger partial charge in [0.25, 0.3) is 11.7 Å². The van der Waals surface area contributed by atoms with E-state index in [0.29, 0.717) is 27.6 Å². The third kappa shape index (κ3) is 4.32. The molecule has 1 aliphatic rings. The summed E-state index contributed by atoms with van der Waals surface area (Å²) in [6.07, 6.45) is 3.20. The van der Waals surface area contributed by atoms with Gasteiger partial charge in [0.1, 0.15) is 5.76 Å². The first-order valence-electron chi connectivity index (χ1n) is 10.2. The maximum absolute atomic E-state index is 13.2. The van der Waals surface area contributed by atoms with Gasteiger partial charge in [-0.2, -0.15) is 0 Å². The van der Waals surface area contributed by atoms with Gasteiger partial charge < -0.3 is 19.5 Å². The third-order valence-electron chi connectivity index (χ3n) is 5.56. The van der Waals surface area contributed by atoms with Crippen molar-refractivity contribution in [2.24, 2.45) is 0 Å². The predicted octanol–water partition coefficient (Wildman–Crippen LogP) is 5.03. The van der Waals surface area contributed by atoms with Crippen LogP contribution in [-0.4, -0.2) is 40.9 Å². The highest BCUT2D eigenvalue weighted by Gasteiger charge is 2.46. The third-order valence-corrected chi connectivity index (χ3v) is 6.30. The number of ketones is 1. The summed E-state index contributed by atoms with van der Waals surface area (Å²) in [7, 11) is 2.96. The normalized spacial score (nSPS) is 17.2. The van der Waals surface area contributed by atoms with Crippen LogP contribution in [0.15, 0.2) is 66.5 Å². The predicted molar refractivity (Wildman–Crippen MR) is 128 cm³/mol. The topological polar surface area (TPSA) is 89.0 Å². The molecule has 0 aliphatic carbocycles. The zero-order valence-electron chi connectivity index (χ0n) is 18.3. The van der Waals surface area contributed by atoms with Crippen molar-refractivity contribution >= 4 is 40.7 Å². The van der Waals surface area contributed by atoms with Gasteiger partial charge in [0.15, 0.2) is 11.5 Å². The van der Waals surface area contributed by atoms with Gasteiger partial charge in [-0.25, -0.2) is 0 Å². The summed E-state index contributed by atoms with van der Waals surface area (Å²) >= 11 is 12.3. The minimum Gasteiger partial charge on any atom is -0.507 e. The Balaban J connectivity index is 1.89. The summed E-state index contributed by atoms with van der Waals surface area (Å²) < 4.78 is 10.6. The summed E-state index contributed by atoms with van der Waals surface area (Å²) in [5.41, 5.74) is 1.53. The highest BCUT2D eigenvalue weighted by atomic mass is 35.5. The number of pyridine rings is 1. The van der Waals surface area contributed by atoms with Crippen molar-refractivity contribution < 1.29 is 24.2 Å². The van der Waals surface area contributed by atoms with Gasteiger partial charge in [0, 0.05) is 24.5 Å². The van der Waals surface area contributed by atoms with Gasteiger partial charge in [-0.15, -0.1) is 0 Å². The van der Waals surface area contributed by atoms with Crippen molar-refractivity contribution in [1.29, 1.82) is 0 Å². The number of aromatic nitrogens is 1. The fourth-order valence-electron chi connectivity index (χ4n) is 3.90. The Morgan fingerprint density at radius 1 is 0.971 bits per heavy atom. The number of halogens is 2. The standard InChI is InChI=1S/C25H20Cl2N2O5/c1-33-19-6-4-16(12-20(19)34-2)23(30)21-22(15-3-5-17(26)18(27)11-15)29(25(32)24(21)31)13-14-7-9-28-10-8-14/h3-12,22,30H,13H2,1-2H3/b23-21-. The second-order valence-corrected chi connectivity index (χ2v) is 8.34. The fraction of sp³-hybridized carbons (Fsp3) is 0.160. The summed E-state index contributed by atoms with van der Waals surface area (Å²) in [4.78, 5) is 31.7. The second-order valence-electron chi connectivity index (χ2n) is 7.53. The average molecular weight is 499 g/mol. The van der Waals surface area contributed by atoms with Gasteiger partial charge in [0.05, 0.1) is 35.9 Å². The van der Waals surface area contributed by atoms with E-state index >= 15 is 0 Å². The number of carbonyl (C=O) groups is 2. The number of Topliss-reactive ketones (excluding diaryl/α,β-unsaturated/α-hetero) is 1. The highest BCUT2D eigenvalue weighted by Crippen LogP contribution is 2.42. The summed E-state index contributed by atoms with van der Waals surface area (Å²) in [6, 6.07) is 12.2. The van der Waals surface area contributed by atoms with E-state index in [1.807, 2.05) is 0 Å². The quantitative estimate of drug-likeness (QED) is 0.291. The van der Waals surface area contributed by atoms with Crippen LogP contribution in [0.1, 0.15) is 22.7 Å². The zero-order valence-corrected chi connectivity index (χ0v) is 19.8. The second kappa shape index (κ2) is 9.75. The number of methoxy groups -OCH3 is 2. The van der Waals surface area contributed by atoms with Gasteiger partial charge in [0.2, 0.25) is 0 Å². The summed E-state index contributed by atoms with van der Waals surface area (Å²) in [5, 5.41) is 11.8. The number of ether oxygens (including phenoxy) is 2. The average Bonchev–Trinajstić information content (AvgIpc) is 3.10. The van der Waals surface area contributed by atoms with Crippen molar-refractivity contribution in [3.63, 3.8) is 0 Å². The first kappa shape index (κ1) is 23.6. The van der Waals surface area contributed by atoms with Gasteiger partial charge in [-0.1, -0.05) is 29.3 Å². The zero-order chi connectivity index (χ0) is 24.4. The Bertz CT molecular complexity index is 1290. The number of likely N-dealkylation sites (tertiary alicyclic amines) is 1. The molecule has 4 rings (SSSR count). The maximum Gasteiger partial charge on any atom is 0.295 e. The fourth-order valence-corrected chi connectivity index (χ4v) is 4.20. The van der Waals surface area contributed by atoms with Gasteiger partial charge in [-0.05, 0) is 53.6 Å². The summed E-state index contributed by atoms with van der Waals surface area (Å²) in [5.74, 6) is -1.07.